The Hall–Kier alpha value is -1.36. The summed E-state index contributed by atoms with van der Waals surface area (Å²) in [6.45, 7) is 9.87. The van der Waals surface area contributed by atoms with Gasteiger partial charge in [-0.2, -0.15) is 4.98 Å². The molecule has 106 valence electrons. The SMILES string of the molecule is CCCNc1ncc(C)c(N2CCOC(CC)C2)n1. The van der Waals surface area contributed by atoms with E-state index in [0.29, 0.717) is 6.10 Å². The number of nitrogens with zero attached hydrogens (tertiary/aromatic N) is 3. The smallest absolute Gasteiger partial charge is 0.224 e. The number of aryl methyl sites for hydroxylation is 1. The summed E-state index contributed by atoms with van der Waals surface area (Å²) in [6.07, 6.45) is 4.33. The molecule has 0 bridgehead atoms. The molecule has 2 rings (SSSR count). The minimum atomic E-state index is 0.315. The van der Waals surface area contributed by atoms with Crippen LogP contribution in [0, 0.1) is 6.92 Å². The lowest BCUT2D eigenvalue weighted by Gasteiger charge is -2.34. The molecule has 0 radical (unpaired) electrons. The van der Waals surface area contributed by atoms with E-state index in [-0.39, 0.29) is 0 Å². The first-order valence-corrected chi connectivity index (χ1v) is 7.18. The zero-order valence-corrected chi connectivity index (χ0v) is 12.1. The van der Waals surface area contributed by atoms with Crippen LogP contribution in [0.25, 0.3) is 0 Å². The van der Waals surface area contributed by atoms with Crippen molar-refractivity contribution in [2.45, 2.75) is 39.7 Å². The van der Waals surface area contributed by atoms with Crippen molar-refractivity contribution in [3.05, 3.63) is 11.8 Å². The van der Waals surface area contributed by atoms with E-state index in [4.69, 9.17) is 4.74 Å². The van der Waals surface area contributed by atoms with Gasteiger partial charge in [-0.1, -0.05) is 13.8 Å². The Balaban J connectivity index is 2.13. The third-order valence-electron chi connectivity index (χ3n) is 3.37. The lowest BCUT2D eigenvalue weighted by atomic mass is 10.2. The first-order valence-electron chi connectivity index (χ1n) is 7.18. The summed E-state index contributed by atoms with van der Waals surface area (Å²) in [7, 11) is 0. The number of hydrogen-bond acceptors (Lipinski definition) is 5. The highest BCUT2D eigenvalue weighted by Gasteiger charge is 2.21. The molecule has 1 aliphatic rings. The Bertz CT molecular complexity index is 410. The fraction of sp³-hybridized carbons (Fsp3) is 0.714. The highest BCUT2D eigenvalue weighted by atomic mass is 16.5. The molecule has 5 nitrogen and oxygen atoms in total. The molecule has 5 heteroatoms. The highest BCUT2D eigenvalue weighted by molar-refractivity contribution is 5.49. The van der Waals surface area contributed by atoms with E-state index in [1.54, 1.807) is 0 Å². The average molecular weight is 264 g/mol. The fourth-order valence-corrected chi connectivity index (χ4v) is 2.23. The maximum absolute atomic E-state index is 5.71. The molecule has 0 spiro atoms. The standard InChI is InChI=1S/C14H24N4O/c1-4-6-15-14-16-9-11(3)13(17-14)18-7-8-19-12(5-2)10-18/h9,12H,4-8,10H2,1-3H3,(H,15,16,17). The predicted molar refractivity (Wildman–Crippen MR) is 77.8 cm³/mol. The topological polar surface area (TPSA) is 50.3 Å². The number of rotatable bonds is 5. The van der Waals surface area contributed by atoms with Crippen LogP contribution in [-0.4, -0.2) is 42.3 Å². The maximum atomic E-state index is 5.71. The number of anilines is 2. The van der Waals surface area contributed by atoms with Crippen molar-refractivity contribution >= 4 is 11.8 Å². The van der Waals surface area contributed by atoms with E-state index < -0.39 is 0 Å². The van der Waals surface area contributed by atoms with Crippen molar-refractivity contribution in [2.24, 2.45) is 0 Å². The number of hydrogen-bond donors (Lipinski definition) is 1. The summed E-state index contributed by atoms with van der Waals surface area (Å²) in [5, 5.41) is 3.25. The summed E-state index contributed by atoms with van der Waals surface area (Å²) in [5.41, 5.74) is 1.12. The summed E-state index contributed by atoms with van der Waals surface area (Å²) in [4.78, 5) is 11.3. The van der Waals surface area contributed by atoms with Gasteiger partial charge in [0.2, 0.25) is 5.95 Å². The predicted octanol–water partition coefficient (Wildman–Crippen LogP) is 2.22. The van der Waals surface area contributed by atoms with E-state index in [2.05, 4.69) is 41.0 Å². The van der Waals surface area contributed by atoms with Crippen LogP contribution in [-0.2, 0) is 4.74 Å². The van der Waals surface area contributed by atoms with Crippen molar-refractivity contribution in [3.8, 4) is 0 Å². The van der Waals surface area contributed by atoms with Crippen molar-refractivity contribution in [1.82, 2.24) is 9.97 Å². The van der Waals surface area contributed by atoms with E-state index in [1.807, 2.05) is 6.20 Å². The first-order chi connectivity index (χ1) is 9.24. The van der Waals surface area contributed by atoms with Gasteiger partial charge in [-0.15, -0.1) is 0 Å². The third-order valence-corrected chi connectivity index (χ3v) is 3.37. The van der Waals surface area contributed by atoms with Crippen molar-refractivity contribution < 1.29 is 4.74 Å². The second kappa shape index (κ2) is 6.70. The first kappa shape index (κ1) is 14.1. The minimum absolute atomic E-state index is 0.315. The monoisotopic (exact) mass is 264 g/mol. The van der Waals surface area contributed by atoms with E-state index in [9.17, 15) is 0 Å². The van der Waals surface area contributed by atoms with Crippen molar-refractivity contribution in [3.63, 3.8) is 0 Å². The van der Waals surface area contributed by atoms with Gasteiger partial charge >= 0.3 is 0 Å². The van der Waals surface area contributed by atoms with Crippen molar-refractivity contribution in [1.29, 1.82) is 0 Å². The van der Waals surface area contributed by atoms with Crippen molar-refractivity contribution in [2.75, 3.05) is 36.5 Å². The zero-order chi connectivity index (χ0) is 13.7. The molecule has 1 aliphatic heterocycles. The second-order valence-corrected chi connectivity index (χ2v) is 4.97. The van der Waals surface area contributed by atoms with Gasteiger partial charge < -0.3 is 15.0 Å². The quantitative estimate of drug-likeness (QED) is 0.883. The van der Waals surface area contributed by atoms with Gasteiger partial charge in [0.15, 0.2) is 0 Å². The molecule has 1 aromatic rings. The van der Waals surface area contributed by atoms with Gasteiger partial charge in [0.05, 0.1) is 12.7 Å². The van der Waals surface area contributed by atoms with Crippen LogP contribution in [0.15, 0.2) is 6.20 Å². The Morgan fingerprint density at radius 1 is 1.47 bits per heavy atom. The van der Waals surface area contributed by atoms with Gasteiger partial charge in [-0.05, 0) is 19.8 Å². The fourth-order valence-electron chi connectivity index (χ4n) is 2.23. The molecule has 1 unspecified atom stereocenters. The average Bonchev–Trinajstić information content (AvgIpc) is 2.46. The number of ether oxygens (including phenoxy) is 1. The number of aromatic nitrogens is 2. The van der Waals surface area contributed by atoms with Gasteiger partial charge in [0.25, 0.3) is 0 Å². The van der Waals surface area contributed by atoms with Crippen LogP contribution in [0.3, 0.4) is 0 Å². The molecule has 1 atom stereocenters. The molecule has 1 aromatic heterocycles. The lowest BCUT2D eigenvalue weighted by Crippen LogP contribution is -2.43. The van der Waals surface area contributed by atoms with E-state index >= 15 is 0 Å². The number of morpholine rings is 1. The summed E-state index contributed by atoms with van der Waals surface area (Å²) in [5.74, 6) is 1.76. The zero-order valence-electron chi connectivity index (χ0n) is 12.1. The Morgan fingerprint density at radius 2 is 2.32 bits per heavy atom. The third kappa shape index (κ3) is 3.56. The van der Waals surface area contributed by atoms with Gasteiger partial charge in [-0.3, -0.25) is 0 Å². The normalized spacial score (nSPS) is 19.5. The molecule has 0 amide bonds. The summed E-state index contributed by atoms with van der Waals surface area (Å²) in [6, 6.07) is 0. The molecular formula is C14H24N4O. The molecule has 0 aromatic carbocycles. The Morgan fingerprint density at radius 3 is 3.05 bits per heavy atom. The molecule has 2 heterocycles. The Kier molecular flexibility index (Phi) is 4.96. The summed E-state index contributed by atoms with van der Waals surface area (Å²) < 4.78 is 5.71. The molecule has 19 heavy (non-hydrogen) atoms. The molecule has 0 saturated carbocycles. The second-order valence-electron chi connectivity index (χ2n) is 4.97. The van der Waals surface area contributed by atoms with Crippen LogP contribution in [0.5, 0.6) is 0 Å². The van der Waals surface area contributed by atoms with E-state index in [1.165, 1.54) is 0 Å². The molecule has 1 N–H and O–H groups in total. The highest BCUT2D eigenvalue weighted by Crippen LogP contribution is 2.21. The molecular weight excluding hydrogens is 240 g/mol. The van der Waals surface area contributed by atoms with Gasteiger partial charge in [-0.25, -0.2) is 4.98 Å². The lowest BCUT2D eigenvalue weighted by molar-refractivity contribution is 0.0381. The Labute approximate surface area is 115 Å². The minimum Gasteiger partial charge on any atom is -0.375 e. The van der Waals surface area contributed by atoms with Crippen LogP contribution in [0.2, 0.25) is 0 Å². The van der Waals surface area contributed by atoms with Crippen LogP contribution in [0.4, 0.5) is 11.8 Å². The van der Waals surface area contributed by atoms with E-state index in [0.717, 1.165) is 56.4 Å². The van der Waals surface area contributed by atoms with Crippen LogP contribution >= 0.6 is 0 Å². The molecule has 1 saturated heterocycles. The van der Waals surface area contributed by atoms with Gasteiger partial charge in [0.1, 0.15) is 5.82 Å². The maximum Gasteiger partial charge on any atom is 0.224 e. The number of nitrogens with one attached hydrogen (secondary N) is 1. The van der Waals surface area contributed by atoms with Gasteiger partial charge in [0, 0.05) is 31.4 Å². The molecule has 1 fully saturated rings. The largest absolute Gasteiger partial charge is 0.375 e. The van der Waals surface area contributed by atoms with Crippen LogP contribution < -0.4 is 10.2 Å². The molecule has 0 aliphatic carbocycles. The van der Waals surface area contributed by atoms with Crippen LogP contribution in [0.1, 0.15) is 32.3 Å². The summed E-state index contributed by atoms with van der Waals surface area (Å²) >= 11 is 0.